The number of rotatable bonds is 2. The van der Waals surface area contributed by atoms with Gasteiger partial charge in [-0.2, -0.15) is 5.10 Å². The summed E-state index contributed by atoms with van der Waals surface area (Å²) >= 11 is 6.15. The van der Waals surface area contributed by atoms with Crippen molar-refractivity contribution in [2.45, 2.75) is 52.4 Å². The number of carbonyl (C=O) groups excluding carboxylic acids is 1. The number of carbonyl (C=O) groups is 1. The summed E-state index contributed by atoms with van der Waals surface area (Å²) in [5, 5.41) is 4.87. The molecule has 1 aromatic heterocycles. The molecule has 3 rings (SSSR count). The van der Waals surface area contributed by atoms with E-state index in [-0.39, 0.29) is 17.2 Å². The Labute approximate surface area is 142 Å². The van der Waals surface area contributed by atoms with E-state index in [1.54, 1.807) is 0 Å². The first-order valence-electron chi connectivity index (χ1n) is 8.06. The normalized spacial score (nSPS) is 20.6. The van der Waals surface area contributed by atoms with Gasteiger partial charge in [0.15, 0.2) is 0 Å². The van der Waals surface area contributed by atoms with E-state index in [0.29, 0.717) is 16.6 Å². The predicted octanol–water partition coefficient (Wildman–Crippen LogP) is 4.89. The summed E-state index contributed by atoms with van der Waals surface area (Å²) in [6.07, 6.45) is 0.893. The molecule has 1 aliphatic carbocycles. The van der Waals surface area contributed by atoms with Gasteiger partial charge in [0, 0.05) is 5.92 Å². The molecule has 122 valence electrons. The van der Waals surface area contributed by atoms with Gasteiger partial charge in [-0.25, -0.2) is 4.68 Å². The maximum absolute atomic E-state index is 12.6. The Balaban J connectivity index is 1.76. The molecule has 23 heavy (non-hydrogen) atoms. The van der Waals surface area contributed by atoms with Crippen LogP contribution in [0.1, 0.15) is 60.4 Å². The fourth-order valence-corrected chi connectivity index (χ4v) is 3.18. The molecule has 1 aliphatic rings. The van der Waals surface area contributed by atoms with Gasteiger partial charge in [-0.05, 0) is 42.7 Å². The van der Waals surface area contributed by atoms with Crippen LogP contribution >= 0.6 is 11.6 Å². The molecule has 0 radical (unpaired) electrons. The Morgan fingerprint density at radius 2 is 1.83 bits per heavy atom. The molecule has 1 aromatic carbocycles. The van der Waals surface area contributed by atoms with E-state index in [1.165, 1.54) is 15.8 Å². The topological polar surface area (TPSA) is 34.9 Å². The molecule has 1 saturated carbocycles. The van der Waals surface area contributed by atoms with Gasteiger partial charge < -0.3 is 0 Å². The highest BCUT2D eigenvalue weighted by Crippen LogP contribution is 2.48. The Morgan fingerprint density at radius 1 is 1.22 bits per heavy atom. The van der Waals surface area contributed by atoms with Crippen molar-refractivity contribution in [1.29, 1.82) is 0 Å². The first-order chi connectivity index (χ1) is 10.7. The minimum absolute atomic E-state index is 0.0181. The quantitative estimate of drug-likeness (QED) is 0.785. The summed E-state index contributed by atoms with van der Waals surface area (Å²) in [5.41, 5.74) is 4.16. The maximum atomic E-state index is 12.6. The van der Waals surface area contributed by atoms with Crippen LogP contribution in [0.25, 0.3) is 0 Å². The maximum Gasteiger partial charge on any atom is 0.250 e. The van der Waals surface area contributed by atoms with Crippen LogP contribution in [0.4, 0.5) is 0 Å². The number of benzene rings is 1. The van der Waals surface area contributed by atoms with Crippen LogP contribution in [-0.4, -0.2) is 15.7 Å². The van der Waals surface area contributed by atoms with Crippen LogP contribution in [-0.2, 0) is 5.41 Å². The van der Waals surface area contributed by atoms with Crippen molar-refractivity contribution >= 4 is 17.5 Å². The van der Waals surface area contributed by atoms with Gasteiger partial charge in [-0.3, -0.25) is 4.79 Å². The molecular formula is C19H23ClN2O. The van der Waals surface area contributed by atoms with Crippen LogP contribution in [0.3, 0.4) is 0 Å². The van der Waals surface area contributed by atoms with Crippen molar-refractivity contribution in [3.8, 4) is 0 Å². The van der Waals surface area contributed by atoms with Gasteiger partial charge in [0.2, 0.25) is 0 Å². The molecule has 0 bridgehead atoms. The van der Waals surface area contributed by atoms with Crippen molar-refractivity contribution in [3.05, 3.63) is 51.8 Å². The summed E-state index contributed by atoms with van der Waals surface area (Å²) in [5.74, 6) is 0.381. The zero-order valence-corrected chi connectivity index (χ0v) is 15.1. The monoisotopic (exact) mass is 330 g/mol. The molecule has 3 nitrogen and oxygen atoms in total. The lowest BCUT2D eigenvalue weighted by Crippen LogP contribution is -2.17. The lowest BCUT2D eigenvalue weighted by molar-refractivity contribution is 0.0864. The summed E-state index contributed by atoms with van der Waals surface area (Å²) in [7, 11) is 0. The molecule has 2 atom stereocenters. The molecule has 2 aromatic rings. The second-order valence-electron chi connectivity index (χ2n) is 7.56. The van der Waals surface area contributed by atoms with E-state index in [2.05, 4.69) is 50.1 Å². The zero-order valence-electron chi connectivity index (χ0n) is 14.4. The number of nitrogens with zero attached hydrogens (tertiary/aromatic N) is 2. The molecule has 4 heteroatoms. The van der Waals surface area contributed by atoms with Crippen LogP contribution in [0, 0.1) is 19.8 Å². The third kappa shape index (κ3) is 2.94. The Bertz CT molecular complexity index is 753. The average molecular weight is 331 g/mol. The smallest absolute Gasteiger partial charge is 0.250 e. The molecule has 1 heterocycles. The number of hydrogen-bond acceptors (Lipinski definition) is 2. The van der Waals surface area contributed by atoms with Gasteiger partial charge >= 0.3 is 0 Å². The van der Waals surface area contributed by atoms with E-state index in [1.807, 2.05) is 13.8 Å². The molecule has 0 spiro atoms. The number of aromatic nitrogens is 2. The van der Waals surface area contributed by atoms with Gasteiger partial charge in [-0.15, -0.1) is 0 Å². The lowest BCUT2D eigenvalue weighted by atomic mass is 9.86. The van der Waals surface area contributed by atoms with E-state index < -0.39 is 0 Å². The van der Waals surface area contributed by atoms with Crippen LogP contribution in [0.15, 0.2) is 24.3 Å². The Morgan fingerprint density at radius 3 is 2.30 bits per heavy atom. The minimum atomic E-state index is 0.0181. The van der Waals surface area contributed by atoms with Crippen LogP contribution in [0.2, 0.25) is 5.02 Å². The van der Waals surface area contributed by atoms with E-state index in [4.69, 9.17) is 11.6 Å². The SMILES string of the molecule is Cc1nn(C(=O)[C@@H]2C[C@H]2c2ccc(C(C)(C)C)cc2)c(C)c1Cl. The predicted molar refractivity (Wildman–Crippen MR) is 93.3 cm³/mol. The molecule has 0 aliphatic heterocycles. The molecule has 0 unspecified atom stereocenters. The highest BCUT2D eigenvalue weighted by atomic mass is 35.5. The first-order valence-corrected chi connectivity index (χ1v) is 8.44. The van der Waals surface area contributed by atoms with Gasteiger partial charge in [0.1, 0.15) is 0 Å². The number of hydrogen-bond donors (Lipinski definition) is 0. The largest absolute Gasteiger partial charge is 0.272 e. The molecule has 1 fully saturated rings. The standard InChI is InChI=1S/C19H23ClN2O/c1-11-17(20)12(2)22(21-11)18(23)16-10-15(16)13-6-8-14(9-7-13)19(3,4)5/h6-9,15-16H,10H2,1-5H3/t15-,16+/m0/s1. The molecular weight excluding hydrogens is 308 g/mol. The van der Waals surface area contributed by atoms with Crippen molar-refractivity contribution in [3.63, 3.8) is 0 Å². The molecule has 0 saturated heterocycles. The highest BCUT2D eigenvalue weighted by molar-refractivity contribution is 6.32. The second-order valence-corrected chi connectivity index (χ2v) is 7.93. The molecule has 0 amide bonds. The minimum Gasteiger partial charge on any atom is -0.272 e. The zero-order chi connectivity index (χ0) is 16.9. The van der Waals surface area contributed by atoms with Crippen molar-refractivity contribution in [1.82, 2.24) is 9.78 Å². The van der Waals surface area contributed by atoms with Crippen LogP contribution in [0.5, 0.6) is 0 Å². The van der Waals surface area contributed by atoms with Gasteiger partial charge in [-0.1, -0.05) is 56.6 Å². The van der Waals surface area contributed by atoms with Gasteiger partial charge in [0.25, 0.3) is 5.91 Å². The third-order valence-corrected chi connectivity index (χ3v) is 5.27. The average Bonchev–Trinajstić information content (AvgIpc) is 3.25. The second kappa shape index (κ2) is 5.48. The fraction of sp³-hybridized carbons (Fsp3) is 0.474. The van der Waals surface area contributed by atoms with Crippen molar-refractivity contribution < 1.29 is 4.79 Å². The van der Waals surface area contributed by atoms with E-state index in [0.717, 1.165) is 12.1 Å². The number of halogens is 1. The third-order valence-electron chi connectivity index (χ3n) is 4.72. The Hall–Kier alpha value is -1.61. The van der Waals surface area contributed by atoms with Crippen LogP contribution < -0.4 is 0 Å². The summed E-state index contributed by atoms with van der Waals surface area (Å²) in [6.45, 7) is 10.3. The summed E-state index contributed by atoms with van der Waals surface area (Å²) < 4.78 is 1.48. The van der Waals surface area contributed by atoms with E-state index >= 15 is 0 Å². The van der Waals surface area contributed by atoms with Crippen molar-refractivity contribution in [2.24, 2.45) is 5.92 Å². The molecule has 0 N–H and O–H groups in total. The van der Waals surface area contributed by atoms with Crippen molar-refractivity contribution in [2.75, 3.05) is 0 Å². The number of aryl methyl sites for hydroxylation is 1. The summed E-state index contributed by atoms with van der Waals surface area (Å²) in [4.78, 5) is 12.6. The highest BCUT2D eigenvalue weighted by Gasteiger charge is 2.45. The first kappa shape index (κ1) is 16.3. The van der Waals surface area contributed by atoms with Gasteiger partial charge in [0.05, 0.1) is 16.4 Å². The Kier molecular flexibility index (Phi) is 3.88. The fourth-order valence-electron chi connectivity index (χ4n) is 3.06. The lowest BCUT2D eigenvalue weighted by Gasteiger charge is -2.19. The summed E-state index contributed by atoms with van der Waals surface area (Å²) in [6, 6.07) is 8.67. The van der Waals surface area contributed by atoms with E-state index in [9.17, 15) is 4.79 Å².